The maximum atomic E-state index is 13.1. The zero-order valence-electron chi connectivity index (χ0n) is 17.7. The molecule has 0 unspecified atom stereocenters. The SMILES string of the molecule is COCCNC(=O)Nc1cccc(-c2ccc([C@@]3(CC(=O)NO)CCCCS3(=O)=O)s2)c1. The van der Waals surface area contributed by atoms with Crippen LogP contribution in [-0.4, -0.2) is 51.6 Å². The Morgan fingerprint density at radius 1 is 1.22 bits per heavy atom. The molecule has 1 aromatic heterocycles. The fraction of sp³-hybridized carbons (Fsp3) is 0.429. The molecule has 3 amide bonds. The van der Waals surface area contributed by atoms with E-state index in [2.05, 4.69) is 10.6 Å². The van der Waals surface area contributed by atoms with E-state index < -0.39 is 20.5 Å². The van der Waals surface area contributed by atoms with E-state index in [-0.39, 0.29) is 18.2 Å². The van der Waals surface area contributed by atoms with Gasteiger partial charge in [-0.2, -0.15) is 0 Å². The lowest BCUT2D eigenvalue weighted by Crippen LogP contribution is -2.43. The first-order valence-electron chi connectivity index (χ1n) is 10.2. The number of anilines is 1. The molecular weight excluding hydrogens is 454 g/mol. The summed E-state index contributed by atoms with van der Waals surface area (Å²) in [6.07, 6.45) is 1.24. The van der Waals surface area contributed by atoms with Crippen LogP contribution in [-0.2, 0) is 24.1 Å². The molecule has 0 aliphatic carbocycles. The highest BCUT2D eigenvalue weighted by Crippen LogP contribution is 2.47. The lowest BCUT2D eigenvalue weighted by atomic mass is 9.94. The largest absolute Gasteiger partial charge is 0.383 e. The van der Waals surface area contributed by atoms with Crippen LogP contribution >= 0.6 is 11.3 Å². The number of nitrogens with one attached hydrogen (secondary N) is 3. The zero-order valence-corrected chi connectivity index (χ0v) is 19.4. The van der Waals surface area contributed by atoms with Crippen LogP contribution in [0.25, 0.3) is 10.4 Å². The number of hydrogen-bond donors (Lipinski definition) is 4. The highest BCUT2D eigenvalue weighted by molar-refractivity contribution is 7.92. The van der Waals surface area contributed by atoms with Crippen molar-refractivity contribution in [3.63, 3.8) is 0 Å². The number of urea groups is 1. The zero-order chi connectivity index (χ0) is 23.2. The molecule has 0 bridgehead atoms. The first kappa shape index (κ1) is 24.2. The van der Waals surface area contributed by atoms with E-state index >= 15 is 0 Å². The highest BCUT2D eigenvalue weighted by Gasteiger charge is 2.49. The number of thiophene rings is 1. The Hall–Kier alpha value is -2.47. The molecule has 11 heteroatoms. The van der Waals surface area contributed by atoms with Crippen LogP contribution in [0.15, 0.2) is 36.4 Å². The van der Waals surface area contributed by atoms with Crippen molar-refractivity contribution in [2.24, 2.45) is 0 Å². The Bertz CT molecular complexity index is 1070. The molecule has 0 spiro atoms. The number of benzene rings is 1. The summed E-state index contributed by atoms with van der Waals surface area (Å²) in [4.78, 5) is 25.4. The number of carbonyl (C=O) groups excluding carboxylic acids is 2. The average molecular weight is 482 g/mol. The van der Waals surface area contributed by atoms with Crippen molar-refractivity contribution in [3.8, 4) is 10.4 Å². The minimum atomic E-state index is -3.58. The normalized spacial score (nSPS) is 19.8. The summed E-state index contributed by atoms with van der Waals surface area (Å²) >= 11 is 1.30. The maximum absolute atomic E-state index is 13.1. The number of methoxy groups -OCH3 is 1. The molecule has 1 atom stereocenters. The number of ether oxygens (including phenoxy) is 1. The first-order valence-corrected chi connectivity index (χ1v) is 12.7. The van der Waals surface area contributed by atoms with Crippen molar-refractivity contribution in [2.75, 3.05) is 31.3 Å². The van der Waals surface area contributed by atoms with E-state index in [4.69, 9.17) is 9.94 Å². The molecule has 1 saturated heterocycles. The van der Waals surface area contributed by atoms with Gasteiger partial charge in [0.25, 0.3) is 0 Å². The monoisotopic (exact) mass is 481 g/mol. The summed E-state index contributed by atoms with van der Waals surface area (Å²) < 4.78 is 29.7. The van der Waals surface area contributed by atoms with Crippen LogP contribution in [0.3, 0.4) is 0 Å². The smallest absolute Gasteiger partial charge is 0.319 e. The van der Waals surface area contributed by atoms with Crippen molar-refractivity contribution in [2.45, 2.75) is 30.4 Å². The van der Waals surface area contributed by atoms with E-state index in [1.54, 1.807) is 36.9 Å². The lowest BCUT2D eigenvalue weighted by Gasteiger charge is -2.35. The Labute approximate surface area is 191 Å². The van der Waals surface area contributed by atoms with Gasteiger partial charge in [0.15, 0.2) is 9.84 Å². The second-order valence-corrected chi connectivity index (χ2v) is 11.1. The van der Waals surface area contributed by atoms with Gasteiger partial charge in [-0.25, -0.2) is 18.7 Å². The molecule has 3 rings (SSSR count). The van der Waals surface area contributed by atoms with E-state index in [1.807, 2.05) is 12.1 Å². The molecule has 2 aromatic rings. The van der Waals surface area contributed by atoms with Crippen LogP contribution in [0.5, 0.6) is 0 Å². The highest BCUT2D eigenvalue weighted by atomic mass is 32.2. The minimum Gasteiger partial charge on any atom is -0.383 e. The third-order valence-electron chi connectivity index (χ3n) is 5.46. The molecule has 2 heterocycles. The second kappa shape index (κ2) is 10.4. The number of hydrogen-bond acceptors (Lipinski definition) is 7. The Kier molecular flexibility index (Phi) is 7.88. The van der Waals surface area contributed by atoms with Crippen molar-refractivity contribution in [1.82, 2.24) is 10.8 Å². The summed E-state index contributed by atoms with van der Waals surface area (Å²) in [5, 5.41) is 14.4. The van der Waals surface area contributed by atoms with Gasteiger partial charge in [0.1, 0.15) is 4.75 Å². The van der Waals surface area contributed by atoms with Gasteiger partial charge in [-0.1, -0.05) is 18.6 Å². The quantitative estimate of drug-likeness (QED) is 0.260. The van der Waals surface area contributed by atoms with Crippen molar-refractivity contribution >= 4 is 38.8 Å². The van der Waals surface area contributed by atoms with Crippen LogP contribution in [0.4, 0.5) is 10.5 Å². The summed E-state index contributed by atoms with van der Waals surface area (Å²) in [6.45, 7) is 0.790. The molecule has 1 aliphatic heterocycles. The van der Waals surface area contributed by atoms with Gasteiger partial charge in [-0.3, -0.25) is 10.0 Å². The molecular formula is C21H27N3O6S2. The van der Waals surface area contributed by atoms with Gasteiger partial charge in [0, 0.05) is 29.1 Å². The van der Waals surface area contributed by atoms with E-state index in [0.29, 0.717) is 43.0 Å². The minimum absolute atomic E-state index is 0.0104. The summed E-state index contributed by atoms with van der Waals surface area (Å²) in [5.74, 6) is -0.715. The van der Waals surface area contributed by atoms with Gasteiger partial charge in [0.05, 0.1) is 18.8 Å². The van der Waals surface area contributed by atoms with Gasteiger partial charge < -0.3 is 15.4 Å². The van der Waals surface area contributed by atoms with Crippen molar-refractivity contribution in [3.05, 3.63) is 41.3 Å². The molecule has 174 valence electrons. The molecule has 4 N–H and O–H groups in total. The van der Waals surface area contributed by atoms with E-state index in [0.717, 1.165) is 10.4 Å². The topological polar surface area (TPSA) is 134 Å². The summed E-state index contributed by atoms with van der Waals surface area (Å²) in [6, 6.07) is 10.4. The Balaban J connectivity index is 1.87. The first-order chi connectivity index (χ1) is 15.3. The van der Waals surface area contributed by atoms with Crippen LogP contribution in [0.2, 0.25) is 0 Å². The van der Waals surface area contributed by atoms with E-state index in [1.165, 1.54) is 11.3 Å². The van der Waals surface area contributed by atoms with Gasteiger partial charge >= 0.3 is 6.03 Å². The molecule has 0 radical (unpaired) electrons. The van der Waals surface area contributed by atoms with Gasteiger partial charge in [0.2, 0.25) is 5.91 Å². The summed E-state index contributed by atoms with van der Waals surface area (Å²) in [5.41, 5.74) is 2.98. The van der Waals surface area contributed by atoms with Gasteiger partial charge in [-0.05, 0) is 42.7 Å². The molecule has 9 nitrogen and oxygen atoms in total. The molecule has 1 aromatic carbocycles. The second-order valence-electron chi connectivity index (χ2n) is 7.60. The molecule has 32 heavy (non-hydrogen) atoms. The number of carbonyl (C=O) groups is 2. The van der Waals surface area contributed by atoms with E-state index in [9.17, 15) is 18.0 Å². The standard InChI is InChI=1S/C21H27N3O6S2/c1-30-11-10-22-20(26)23-16-6-4-5-15(13-16)17-7-8-18(31-17)21(14-19(25)24-27)9-2-3-12-32(21,28)29/h4-8,13,27H,2-3,9-12,14H2,1H3,(H,24,25)(H2,22,23,26)/t21-/m0/s1. The van der Waals surface area contributed by atoms with Crippen LogP contribution < -0.4 is 16.1 Å². The Morgan fingerprint density at radius 2 is 2.03 bits per heavy atom. The lowest BCUT2D eigenvalue weighted by molar-refractivity contribution is -0.130. The third kappa shape index (κ3) is 5.29. The fourth-order valence-electron chi connectivity index (χ4n) is 3.84. The van der Waals surface area contributed by atoms with Crippen LogP contribution in [0, 0.1) is 0 Å². The number of rotatable bonds is 8. The number of amides is 3. The molecule has 1 aliphatic rings. The molecule has 1 fully saturated rings. The number of sulfone groups is 1. The van der Waals surface area contributed by atoms with Crippen molar-refractivity contribution in [1.29, 1.82) is 0 Å². The van der Waals surface area contributed by atoms with Crippen LogP contribution in [0.1, 0.15) is 30.6 Å². The predicted octanol–water partition coefficient (Wildman–Crippen LogP) is 2.87. The number of hydroxylamine groups is 1. The maximum Gasteiger partial charge on any atom is 0.319 e. The van der Waals surface area contributed by atoms with Gasteiger partial charge in [-0.15, -0.1) is 11.3 Å². The Morgan fingerprint density at radius 3 is 2.75 bits per heavy atom. The predicted molar refractivity (Wildman–Crippen MR) is 123 cm³/mol. The average Bonchev–Trinajstić information content (AvgIpc) is 3.26. The van der Waals surface area contributed by atoms with Crippen molar-refractivity contribution < 1.29 is 28.0 Å². The third-order valence-corrected chi connectivity index (χ3v) is 9.51. The molecule has 0 saturated carbocycles. The fourth-order valence-corrected chi connectivity index (χ4v) is 7.62. The summed E-state index contributed by atoms with van der Waals surface area (Å²) in [7, 11) is -2.03.